The van der Waals surface area contributed by atoms with Crippen molar-refractivity contribution in [3.8, 4) is 12.3 Å². The number of amides is 3. The Bertz CT molecular complexity index is 1330. The van der Waals surface area contributed by atoms with E-state index in [2.05, 4.69) is 16.6 Å². The number of terminal acetylenes is 1. The molecular formula is C34H43N3O6. The van der Waals surface area contributed by atoms with Crippen molar-refractivity contribution in [3.63, 3.8) is 0 Å². The summed E-state index contributed by atoms with van der Waals surface area (Å²) < 4.78 is 11.0. The Morgan fingerprint density at radius 1 is 0.930 bits per heavy atom. The van der Waals surface area contributed by atoms with Crippen LogP contribution in [0.2, 0.25) is 0 Å². The number of rotatable bonds is 10. The third-order valence-corrected chi connectivity index (χ3v) is 6.77. The van der Waals surface area contributed by atoms with E-state index in [1.165, 1.54) is 4.90 Å². The largest absolute Gasteiger partial charge is 0.458 e. The van der Waals surface area contributed by atoms with E-state index >= 15 is 0 Å². The van der Waals surface area contributed by atoms with Crippen molar-refractivity contribution in [2.24, 2.45) is 0 Å². The van der Waals surface area contributed by atoms with Crippen LogP contribution in [0.3, 0.4) is 0 Å². The van der Waals surface area contributed by atoms with Crippen molar-refractivity contribution in [1.29, 1.82) is 0 Å². The molecule has 1 saturated carbocycles. The molecule has 3 amide bonds. The Balaban J connectivity index is 1.99. The maximum Gasteiger partial charge on any atom is 0.408 e. The zero-order valence-corrected chi connectivity index (χ0v) is 25.9. The third-order valence-electron chi connectivity index (χ3n) is 6.77. The van der Waals surface area contributed by atoms with Gasteiger partial charge in [0.15, 0.2) is 0 Å². The molecule has 0 radical (unpaired) electrons. The van der Waals surface area contributed by atoms with E-state index in [4.69, 9.17) is 15.9 Å². The summed E-state index contributed by atoms with van der Waals surface area (Å²) in [4.78, 5) is 55.3. The standard InChI is InChI=1S/C34H43N3O6/c1-8-24-17-12-13-20-26(24)29(37(25-18-14-19-25)28(38)22-35-32(41)43-34(5,6)7)30(39)36-27(31(40)42-33(2,3)4)21-23-15-10-9-11-16-23/h1,9-13,15-17,20,25,27,29H,14,18-19,21-22H2,2-7H3,(H,35,41)(H,36,39). The van der Waals surface area contributed by atoms with Crippen LogP contribution in [0.5, 0.6) is 0 Å². The normalized spacial score (nSPS) is 14.7. The summed E-state index contributed by atoms with van der Waals surface area (Å²) in [5, 5.41) is 5.40. The average molecular weight is 590 g/mol. The van der Waals surface area contributed by atoms with E-state index in [9.17, 15) is 19.2 Å². The topological polar surface area (TPSA) is 114 Å². The van der Waals surface area contributed by atoms with Gasteiger partial charge in [0.2, 0.25) is 11.8 Å². The third kappa shape index (κ3) is 9.88. The quantitative estimate of drug-likeness (QED) is 0.307. The van der Waals surface area contributed by atoms with E-state index < -0.39 is 47.2 Å². The number of nitrogens with one attached hydrogen (secondary N) is 2. The fraction of sp³-hybridized carbons (Fsp3) is 0.471. The van der Waals surface area contributed by atoms with Gasteiger partial charge in [0.1, 0.15) is 29.8 Å². The van der Waals surface area contributed by atoms with E-state index in [-0.39, 0.29) is 19.0 Å². The van der Waals surface area contributed by atoms with Crippen LogP contribution in [0.1, 0.15) is 83.5 Å². The van der Waals surface area contributed by atoms with Crippen LogP contribution in [0.25, 0.3) is 0 Å². The maximum atomic E-state index is 14.3. The summed E-state index contributed by atoms with van der Waals surface area (Å²) >= 11 is 0. The number of carbonyl (C=O) groups excluding carboxylic acids is 4. The summed E-state index contributed by atoms with van der Waals surface area (Å²) in [6.45, 7) is 10.1. The van der Waals surface area contributed by atoms with Crippen molar-refractivity contribution >= 4 is 23.9 Å². The first-order valence-electron chi connectivity index (χ1n) is 14.6. The second-order valence-corrected chi connectivity index (χ2v) is 12.7. The van der Waals surface area contributed by atoms with Gasteiger partial charge in [0.25, 0.3) is 0 Å². The number of benzene rings is 2. The van der Waals surface area contributed by atoms with Gasteiger partial charge in [-0.2, -0.15) is 0 Å². The number of alkyl carbamates (subject to hydrolysis) is 1. The SMILES string of the molecule is C#Cc1ccccc1C(C(=O)NC(Cc1ccccc1)C(=O)OC(C)(C)C)N(C(=O)CNC(=O)OC(C)(C)C)C1CCC1. The van der Waals surface area contributed by atoms with Gasteiger partial charge in [-0.15, -0.1) is 6.42 Å². The molecule has 2 unspecified atom stereocenters. The fourth-order valence-electron chi connectivity index (χ4n) is 4.73. The van der Waals surface area contributed by atoms with Crippen LogP contribution in [-0.4, -0.2) is 58.6 Å². The van der Waals surface area contributed by atoms with Gasteiger partial charge in [0, 0.05) is 18.0 Å². The molecule has 2 aromatic rings. The maximum absolute atomic E-state index is 14.3. The lowest BCUT2D eigenvalue weighted by Gasteiger charge is -2.42. The molecule has 0 aromatic heterocycles. The van der Waals surface area contributed by atoms with Gasteiger partial charge in [-0.25, -0.2) is 9.59 Å². The minimum Gasteiger partial charge on any atom is -0.458 e. The highest BCUT2D eigenvalue weighted by atomic mass is 16.6. The van der Waals surface area contributed by atoms with Gasteiger partial charge in [-0.1, -0.05) is 54.5 Å². The number of hydrogen-bond donors (Lipinski definition) is 2. The molecule has 2 aromatic carbocycles. The summed E-state index contributed by atoms with van der Waals surface area (Å²) in [6, 6.07) is 13.7. The highest BCUT2D eigenvalue weighted by Gasteiger charge is 2.41. The lowest BCUT2D eigenvalue weighted by Crippen LogP contribution is -2.56. The zero-order chi connectivity index (χ0) is 31.8. The first kappa shape index (κ1) is 33.2. The van der Waals surface area contributed by atoms with Crippen LogP contribution in [-0.2, 0) is 30.3 Å². The molecule has 0 heterocycles. The predicted octanol–water partition coefficient (Wildman–Crippen LogP) is 4.68. The summed E-state index contributed by atoms with van der Waals surface area (Å²) in [6.07, 6.45) is 7.52. The molecule has 43 heavy (non-hydrogen) atoms. The Morgan fingerprint density at radius 3 is 2.09 bits per heavy atom. The van der Waals surface area contributed by atoms with Gasteiger partial charge < -0.3 is 25.0 Å². The van der Waals surface area contributed by atoms with E-state index in [0.717, 1.165) is 12.0 Å². The van der Waals surface area contributed by atoms with Crippen LogP contribution in [0, 0.1) is 12.3 Å². The molecule has 2 atom stereocenters. The van der Waals surface area contributed by atoms with Crippen molar-refractivity contribution < 1.29 is 28.7 Å². The highest BCUT2D eigenvalue weighted by molar-refractivity contribution is 5.93. The van der Waals surface area contributed by atoms with E-state index in [1.807, 2.05) is 30.3 Å². The van der Waals surface area contributed by atoms with Gasteiger partial charge in [-0.05, 0) is 78.0 Å². The van der Waals surface area contributed by atoms with Crippen molar-refractivity contribution in [3.05, 3.63) is 71.3 Å². The number of hydrogen-bond acceptors (Lipinski definition) is 6. The second-order valence-electron chi connectivity index (χ2n) is 12.7. The lowest BCUT2D eigenvalue weighted by atomic mass is 9.87. The van der Waals surface area contributed by atoms with Crippen LogP contribution in [0.15, 0.2) is 54.6 Å². The van der Waals surface area contributed by atoms with Crippen molar-refractivity contribution in [2.75, 3.05) is 6.54 Å². The molecule has 3 rings (SSSR count). The first-order valence-corrected chi connectivity index (χ1v) is 14.6. The molecule has 0 spiro atoms. The van der Waals surface area contributed by atoms with Gasteiger partial charge in [-0.3, -0.25) is 9.59 Å². The van der Waals surface area contributed by atoms with E-state index in [0.29, 0.717) is 24.0 Å². The minimum atomic E-state index is -1.16. The molecule has 9 heteroatoms. The minimum absolute atomic E-state index is 0.183. The Kier molecular flexibility index (Phi) is 11.0. The van der Waals surface area contributed by atoms with Crippen LogP contribution < -0.4 is 10.6 Å². The smallest absolute Gasteiger partial charge is 0.408 e. The number of esters is 1. The molecule has 1 aliphatic carbocycles. The number of nitrogens with zero attached hydrogens (tertiary/aromatic N) is 1. The fourth-order valence-corrected chi connectivity index (χ4v) is 4.73. The molecule has 0 bridgehead atoms. The van der Waals surface area contributed by atoms with Crippen LogP contribution in [0.4, 0.5) is 4.79 Å². The zero-order valence-electron chi connectivity index (χ0n) is 25.9. The lowest BCUT2D eigenvalue weighted by molar-refractivity contribution is -0.159. The summed E-state index contributed by atoms with van der Waals surface area (Å²) in [5.74, 6) is 0.978. The first-order chi connectivity index (χ1) is 20.2. The summed E-state index contributed by atoms with van der Waals surface area (Å²) in [7, 11) is 0. The molecule has 0 aliphatic heterocycles. The highest BCUT2D eigenvalue weighted by Crippen LogP contribution is 2.34. The van der Waals surface area contributed by atoms with Gasteiger partial charge >= 0.3 is 12.1 Å². The van der Waals surface area contributed by atoms with Crippen molar-refractivity contribution in [2.45, 2.75) is 96.6 Å². The molecule has 230 valence electrons. The monoisotopic (exact) mass is 589 g/mol. The molecule has 1 fully saturated rings. The predicted molar refractivity (Wildman–Crippen MR) is 164 cm³/mol. The number of ether oxygens (including phenoxy) is 2. The molecule has 1 aliphatic rings. The summed E-state index contributed by atoms with van der Waals surface area (Å²) in [5.41, 5.74) is 0.185. The Hall–Kier alpha value is -4.32. The molecule has 9 nitrogen and oxygen atoms in total. The van der Waals surface area contributed by atoms with Crippen LogP contribution >= 0.6 is 0 Å². The second kappa shape index (κ2) is 14.2. The van der Waals surface area contributed by atoms with E-state index in [1.54, 1.807) is 65.8 Å². The van der Waals surface area contributed by atoms with Crippen molar-refractivity contribution in [1.82, 2.24) is 15.5 Å². The van der Waals surface area contributed by atoms with Gasteiger partial charge in [0.05, 0.1) is 0 Å². The Labute approximate surface area is 254 Å². The molecular weight excluding hydrogens is 546 g/mol. The molecule has 2 N–H and O–H groups in total. The molecule has 0 saturated heterocycles. The average Bonchev–Trinajstić information content (AvgIpc) is 2.89. The number of carbonyl (C=O) groups is 4. The Morgan fingerprint density at radius 2 is 1.53 bits per heavy atom.